The Balaban J connectivity index is 1.85. The van der Waals surface area contributed by atoms with E-state index in [0.717, 1.165) is 10.2 Å². The number of nitro groups is 1. The van der Waals surface area contributed by atoms with Gasteiger partial charge in [0.2, 0.25) is 0 Å². The zero-order valence-corrected chi connectivity index (χ0v) is 14.8. The molecule has 0 aliphatic heterocycles. The number of carbonyl (C=O) groups is 1. The molecule has 9 heteroatoms. The summed E-state index contributed by atoms with van der Waals surface area (Å²) in [6.45, 7) is 2.02. The summed E-state index contributed by atoms with van der Waals surface area (Å²) in [5, 5.41) is 14.2. The van der Waals surface area contributed by atoms with Gasteiger partial charge in [0, 0.05) is 11.6 Å². The van der Waals surface area contributed by atoms with Gasteiger partial charge in [0.05, 0.1) is 28.9 Å². The summed E-state index contributed by atoms with van der Waals surface area (Å²) < 4.78 is 11.2. The van der Waals surface area contributed by atoms with Gasteiger partial charge in [-0.3, -0.25) is 20.2 Å². The molecular weight excluding hydrogens is 358 g/mol. The van der Waals surface area contributed by atoms with E-state index in [9.17, 15) is 14.9 Å². The lowest BCUT2D eigenvalue weighted by Crippen LogP contribution is -2.12. The van der Waals surface area contributed by atoms with Crippen molar-refractivity contribution in [3.05, 3.63) is 52.1 Å². The monoisotopic (exact) mass is 373 g/mol. The number of thiazole rings is 1. The van der Waals surface area contributed by atoms with Crippen LogP contribution in [-0.4, -0.2) is 29.5 Å². The highest BCUT2D eigenvalue weighted by atomic mass is 32.1. The molecule has 1 N–H and O–H groups in total. The summed E-state index contributed by atoms with van der Waals surface area (Å²) in [6.07, 6.45) is 0. The van der Waals surface area contributed by atoms with E-state index in [4.69, 9.17) is 9.47 Å². The third-order valence-electron chi connectivity index (χ3n) is 3.53. The molecule has 1 heterocycles. The molecular formula is C17H15N3O5S. The maximum atomic E-state index is 12.4. The minimum atomic E-state index is -0.578. The fraction of sp³-hybridized carbons (Fsp3) is 0.176. The lowest BCUT2D eigenvalue weighted by molar-refractivity contribution is -0.385. The number of carbonyl (C=O) groups excluding carboxylic acids is 1. The fourth-order valence-corrected chi connectivity index (χ4v) is 3.22. The van der Waals surface area contributed by atoms with Gasteiger partial charge in [0.1, 0.15) is 5.75 Å². The first kappa shape index (κ1) is 17.6. The number of aromatic nitrogens is 1. The van der Waals surface area contributed by atoms with Gasteiger partial charge in [-0.2, -0.15) is 0 Å². The van der Waals surface area contributed by atoms with E-state index in [1.54, 1.807) is 26.2 Å². The van der Waals surface area contributed by atoms with Gasteiger partial charge in [-0.25, -0.2) is 4.98 Å². The molecule has 3 rings (SSSR count). The van der Waals surface area contributed by atoms with Crippen LogP contribution >= 0.6 is 11.3 Å². The Kier molecular flexibility index (Phi) is 4.99. The molecule has 0 aliphatic carbocycles. The van der Waals surface area contributed by atoms with E-state index >= 15 is 0 Å². The molecule has 0 fully saturated rings. The van der Waals surface area contributed by atoms with Crippen molar-refractivity contribution in [3.8, 4) is 11.5 Å². The van der Waals surface area contributed by atoms with Gasteiger partial charge < -0.3 is 9.47 Å². The number of hydrogen-bond acceptors (Lipinski definition) is 7. The number of amides is 1. The van der Waals surface area contributed by atoms with Crippen LogP contribution in [0.2, 0.25) is 0 Å². The third-order valence-corrected chi connectivity index (χ3v) is 4.47. The molecule has 0 saturated heterocycles. The highest BCUT2D eigenvalue weighted by Crippen LogP contribution is 2.31. The average molecular weight is 373 g/mol. The second-order valence-electron chi connectivity index (χ2n) is 5.18. The van der Waals surface area contributed by atoms with Crippen LogP contribution in [0, 0.1) is 10.1 Å². The Morgan fingerprint density at radius 2 is 2.12 bits per heavy atom. The first-order valence-electron chi connectivity index (χ1n) is 7.69. The molecule has 3 aromatic rings. The largest absolute Gasteiger partial charge is 0.497 e. The Hall–Kier alpha value is -3.20. The maximum absolute atomic E-state index is 12.4. The summed E-state index contributed by atoms with van der Waals surface area (Å²) in [6, 6.07) is 9.48. The predicted molar refractivity (Wildman–Crippen MR) is 98.4 cm³/mol. The molecule has 1 amide bonds. The van der Waals surface area contributed by atoms with Gasteiger partial charge in [-0.1, -0.05) is 11.3 Å². The summed E-state index contributed by atoms with van der Waals surface area (Å²) in [5.74, 6) is 0.337. The molecule has 0 atom stereocenters. The van der Waals surface area contributed by atoms with Crippen molar-refractivity contribution in [1.82, 2.24) is 4.98 Å². The summed E-state index contributed by atoms with van der Waals surface area (Å²) in [5.41, 5.74) is 0.620. The van der Waals surface area contributed by atoms with Crippen LogP contribution in [0.1, 0.15) is 17.3 Å². The van der Waals surface area contributed by atoms with Crippen molar-refractivity contribution >= 4 is 38.3 Å². The average Bonchev–Trinajstić information content (AvgIpc) is 3.03. The fourth-order valence-electron chi connectivity index (χ4n) is 2.33. The maximum Gasteiger partial charge on any atom is 0.311 e. The van der Waals surface area contributed by atoms with Crippen LogP contribution in [0.15, 0.2) is 36.4 Å². The Morgan fingerprint density at radius 1 is 1.31 bits per heavy atom. The molecule has 0 aliphatic rings. The number of nitrogens with one attached hydrogen (secondary N) is 1. The number of hydrogen-bond donors (Lipinski definition) is 1. The number of methoxy groups -OCH3 is 1. The van der Waals surface area contributed by atoms with E-state index < -0.39 is 10.8 Å². The van der Waals surface area contributed by atoms with Crippen molar-refractivity contribution in [2.45, 2.75) is 6.92 Å². The van der Waals surface area contributed by atoms with Crippen molar-refractivity contribution in [3.63, 3.8) is 0 Å². The van der Waals surface area contributed by atoms with Crippen LogP contribution in [-0.2, 0) is 0 Å². The summed E-state index contributed by atoms with van der Waals surface area (Å²) >= 11 is 1.29. The highest BCUT2D eigenvalue weighted by Gasteiger charge is 2.19. The minimum Gasteiger partial charge on any atom is -0.497 e. The molecule has 26 heavy (non-hydrogen) atoms. The standard InChI is InChI=1S/C17H15N3O5S/c1-3-25-14-7-4-10(8-13(14)20(22)23)16(21)19-17-18-12-6-5-11(24-2)9-15(12)26-17/h4-9H,3H2,1-2H3,(H,18,19,21). The molecule has 1 aromatic heterocycles. The molecule has 0 radical (unpaired) electrons. The summed E-state index contributed by atoms with van der Waals surface area (Å²) in [4.78, 5) is 27.4. The second kappa shape index (κ2) is 7.36. The van der Waals surface area contributed by atoms with E-state index in [-0.39, 0.29) is 17.0 Å². The van der Waals surface area contributed by atoms with E-state index in [1.165, 1.54) is 29.5 Å². The van der Waals surface area contributed by atoms with Crippen LogP contribution in [0.4, 0.5) is 10.8 Å². The first-order chi connectivity index (χ1) is 12.5. The predicted octanol–water partition coefficient (Wildman–Crippen LogP) is 3.86. The van der Waals surface area contributed by atoms with E-state index in [1.807, 2.05) is 6.07 Å². The smallest absolute Gasteiger partial charge is 0.311 e. The molecule has 0 spiro atoms. The number of anilines is 1. The van der Waals surface area contributed by atoms with Crippen molar-refractivity contribution in [2.24, 2.45) is 0 Å². The van der Waals surface area contributed by atoms with Gasteiger partial charge >= 0.3 is 5.69 Å². The molecule has 0 bridgehead atoms. The number of rotatable bonds is 6. The van der Waals surface area contributed by atoms with E-state index in [0.29, 0.717) is 17.5 Å². The highest BCUT2D eigenvalue weighted by molar-refractivity contribution is 7.22. The van der Waals surface area contributed by atoms with Crippen LogP contribution in [0.5, 0.6) is 11.5 Å². The van der Waals surface area contributed by atoms with Crippen molar-refractivity contribution in [1.29, 1.82) is 0 Å². The number of benzene rings is 2. The normalized spacial score (nSPS) is 10.5. The number of ether oxygens (including phenoxy) is 2. The SMILES string of the molecule is CCOc1ccc(C(=O)Nc2nc3ccc(OC)cc3s2)cc1[N+](=O)[O-]. The minimum absolute atomic E-state index is 0.126. The lowest BCUT2D eigenvalue weighted by Gasteiger charge is -2.06. The van der Waals surface area contributed by atoms with Crippen molar-refractivity contribution < 1.29 is 19.2 Å². The number of nitro benzene ring substituents is 1. The quantitative estimate of drug-likeness (QED) is 0.520. The molecule has 134 valence electrons. The van der Waals surface area contributed by atoms with Gasteiger partial charge in [-0.05, 0) is 37.3 Å². The number of fused-ring (bicyclic) bond motifs is 1. The zero-order valence-electron chi connectivity index (χ0n) is 14.0. The Bertz CT molecular complexity index is 986. The number of nitrogens with zero attached hydrogens (tertiary/aromatic N) is 2. The van der Waals surface area contributed by atoms with Crippen LogP contribution in [0.3, 0.4) is 0 Å². The molecule has 0 unspecified atom stereocenters. The van der Waals surface area contributed by atoms with Gasteiger partial charge in [0.25, 0.3) is 5.91 Å². The Morgan fingerprint density at radius 3 is 2.81 bits per heavy atom. The van der Waals surface area contributed by atoms with E-state index in [2.05, 4.69) is 10.3 Å². The van der Waals surface area contributed by atoms with Crippen LogP contribution in [0.25, 0.3) is 10.2 Å². The Labute approximate surface area is 152 Å². The third kappa shape index (κ3) is 3.57. The topological polar surface area (TPSA) is 104 Å². The molecule has 2 aromatic carbocycles. The zero-order chi connectivity index (χ0) is 18.7. The second-order valence-corrected chi connectivity index (χ2v) is 6.21. The van der Waals surface area contributed by atoms with Crippen molar-refractivity contribution in [2.75, 3.05) is 19.0 Å². The molecule has 8 nitrogen and oxygen atoms in total. The lowest BCUT2D eigenvalue weighted by atomic mass is 10.2. The van der Waals surface area contributed by atoms with Gasteiger partial charge in [-0.15, -0.1) is 0 Å². The van der Waals surface area contributed by atoms with Gasteiger partial charge in [0.15, 0.2) is 10.9 Å². The first-order valence-corrected chi connectivity index (χ1v) is 8.50. The summed E-state index contributed by atoms with van der Waals surface area (Å²) in [7, 11) is 1.57. The molecule has 0 saturated carbocycles. The van der Waals surface area contributed by atoms with Crippen LogP contribution < -0.4 is 14.8 Å².